The van der Waals surface area contributed by atoms with Gasteiger partial charge in [-0.3, -0.25) is 4.79 Å². The second kappa shape index (κ2) is 7.56. The summed E-state index contributed by atoms with van der Waals surface area (Å²) in [4.78, 5) is 28.9. The van der Waals surface area contributed by atoms with Gasteiger partial charge in [0.2, 0.25) is 0 Å². The molecule has 0 bridgehead atoms. The van der Waals surface area contributed by atoms with Gasteiger partial charge in [0.1, 0.15) is 0 Å². The molecule has 0 saturated carbocycles. The predicted octanol–water partition coefficient (Wildman–Crippen LogP) is 2.05. The fourth-order valence-corrected chi connectivity index (χ4v) is 1.89. The van der Waals surface area contributed by atoms with Crippen LogP contribution >= 0.6 is 0 Å². The van der Waals surface area contributed by atoms with Crippen LogP contribution in [0, 0.1) is 5.92 Å². The molecular formula is C13H21N3O3. The van der Waals surface area contributed by atoms with Crippen molar-refractivity contribution in [2.24, 2.45) is 5.92 Å². The molecule has 0 aliphatic rings. The molecule has 1 unspecified atom stereocenters. The largest absolute Gasteiger partial charge is 0.477 e. The van der Waals surface area contributed by atoms with Crippen LogP contribution in [0.4, 0.5) is 0 Å². The first kappa shape index (κ1) is 15.2. The van der Waals surface area contributed by atoms with Crippen molar-refractivity contribution in [1.82, 2.24) is 15.3 Å². The number of hydrogen-bond acceptors (Lipinski definition) is 3. The highest BCUT2D eigenvalue weighted by molar-refractivity contribution is 6.02. The van der Waals surface area contributed by atoms with Crippen LogP contribution in [0.15, 0.2) is 6.33 Å². The summed E-state index contributed by atoms with van der Waals surface area (Å²) in [6.07, 6.45) is 5.54. The number of hydrogen-bond donors (Lipinski definition) is 3. The van der Waals surface area contributed by atoms with E-state index in [-0.39, 0.29) is 11.4 Å². The minimum Gasteiger partial charge on any atom is -0.477 e. The number of carbonyl (C=O) groups is 2. The molecular weight excluding hydrogens is 246 g/mol. The van der Waals surface area contributed by atoms with E-state index in [1.165, 1.54) is 6.33 Å². The van der Waals surface area contributed by atoms with E-state index in [9.17, 15) is 9.59 Å². The molecule has 19 heavy (non-hydrogen) atoms. The van der Waals surface area contributed by atoms with Gasteiger partial charge in [0.25, 0.3) is 5.91 Å². The van der Waals surface area contributed by atoms with Crippen molar-refractivity contribution in [3.8, 4) is 0 Å². The highest BCUT2D eigenvalue weighted by Gasteiger charge is 2.20. The molecule has 0 aliphatic carbocycles. The molecule has 0 spiro atoms. The Kier molecular flexibility index (Phi) is 6.05. The summed E-state index contributed by atoms with van der Waals surface area (Å²) in [7, 11) is 0. The third kappa shape index (κ3) is 4.39. The number of aromatic amines is 1. The van der Waals surface area contributed by atoms with Gasteiger partial charge >= 0.3 is 5.97 Å². The van der Waals surface area contributed by atoms with Gasteiger partial charge in [0.05, 0.1) is 6.33 Å². The molecule has 0 saturated heterocycles. The lowest BCUT2D eigenvalue weighted by Crippen LogP contribution is -2.30. The van der Waals surface area contributed by atoms with E-state index in [2.05, 4.69) is 29.1 Å². The van der Waals surface area contributed by atoms with E-state index in [0.717, 1.165) is 25.7 Å². The van der Waals surface area contributed by atoms with Gasteiger partial charge in [-0.05, 0) is 12.3 Å². The summed E-state index contributed by atoms with van der Waals surface area (Å²) in [6, 6.07) is 0. The van der Waals surface area contributed by atoms with Gasteiger partial charge < -0.3 is 15.4 Å². The molecule has 106 valence electrons. The first-order chi connectivity index (χ1) is 9.10. The van der Waals surface area contributed by atoms with E-state index in [1.54, 1.807) is 0 Å². The summed E-state index contributed by atoms with van der Waals surface area (Å²) in [5, 5.41) is 11.6. The Labute approximate surface area is 112 Å². The zero-order valence-electron chi connectivity index (χ0n) is 11.4. The number of carboxylic acid groups (broad SMARTS) is 1. The lowest BCUT2D eigenvalue weighted by molar-refractivity contribution is 0.0685. The Morgan fingerprint density at radius 3 is 2.79 bits per heavy atom. The predicted molar refractivity (Wildman–Crippen MR) is 71.2 cm³/mol. The molecule has 0 fully saturated rings. The molecule has 1 atom stereocenters. The van der Waals surface area contributed by atoms with E-state index >= 15 is 0 Å². The summed E-state index contributed by atoms with van der Waals surface area (Å²) in [5.41, 5.74) is -0.225. The summed E-state index contributed by atoms with van der Waals surface area (Å²) >= 11 is 0. The molecule has 1 amide bonds. The lowest BCUT2D eigenvalue weighted by atomic mass is 9.99. The summed E-state index contributed by atoms with van der Waals surface area (Å²) in [6.45, 7) is 4.78. The van der Waals surface area contributed by atoms with Crippen LogP contribution in [-0.4, -0.2) is 33.5 Å². The van der Waals surface area contributed by atoms with Gasteiger partial charge in [-0.2, -0.15) is 0 Å². The van der Waals surface area contributed by atoms with Crippen molar-refractivity contribution in [2.75, 3.05) is 6.54 Å². The highest BCUT2D eigenvalue weighted by Crippen LogP contribution is 2.11. The SMILES string of the molecule is CCCCC(CC)CNC(=O)c1nc[nH]c1C(=O)O. The Hall–Kier alpha value is -1.85. The third-order valence-electron chi connectivity index (χ3n) is 3.16. The Bertz CT molecular complexity index is 429. The van der Waals surface area contributed by atoms with E-state index < -0.39 is 11.9 Å². The molecule has 1 aromatic rings. The maximum atomic E-state index is 11.9. The van der Waals surface area contributed by atoms with Crippen LogP contribution < -0.4 is 5.32 Å². The smallest absolute Gasteiger partial charge is 0.354 e. The number of imidazole rings is 1. The second-order valence-corrected chi connectivity index (χ2v) is 4.56. The van der Waals surface area contributed by atoms with Gasteiger partial charge in [-0.25, -0.2) is 9.78 Å². The Balaban J connectivity index is 2.54. The summed E-state index contributed by atoms with van der Waals surface area (Å²) < 4.78 is 0. The number of aromatic carboxylic acids is 1. The fourth-order valence-electron chi connectivity index (χ4n) is 1.89. The molecule has 6 heteroatoms. The molecule has 1 rings (SSSR count). The quantitative estimate of drug-likeness (QED) is 0.671. The molecule has 0 aromatic carbocycles. The van der Waals surface area contributed by atoms with Crippen LogP contribution in [0.5, 0.6) is 0 Å². The third-order valence-corrected chi connectivity index (χ3v) is 3.16. The molecule has 3 N–H and O–H groups in total. The molecule has 6 nitrogen and oxygen atoms in total. The molecule has 0 aliphatic heterocycles. The highest BCUT2D eigenvalue weighted by atomic mass is 16.4. The second-order valence-electron chi connectivity index (χ2n) is 4.56. The fraction of sp³-hybridized carbons (Fsp3) is 0.615. The van der Waals surface area contributed by atoms with Crippen molar-refractivity contribution in [1.29, 1.82) is 0 Å². The summed E-state index contributed by atoms with van der Waals surface area (Å²) in [5.74, 6) is -1.19. The number of carbonyl (C=O) groups excluding carboxylic acids is 1. The first-order valence-electron chi connectivity index (χ1n) is 6.64. The van der Waals surface area contributed by atoms with Gasteiger partial charge in [0, 0.05) is 6.54 Å². The minimum absolute atomic E-state index is 0.0576. The standard InChI is InChI=1S/C13H21N3O3/c1-3-5-6-9(4-2)7-14-12(17)10-11(13(18)19)16-8-15-10/h8-9H,3-7H2,1-2H3,(H,14,17)(H,15,16)(H,18,19). The Morgan fingerprint density at radius 2 is 2.21 bits per heavy atom. The monoisotopic (exact) mass is 267 g/mol. The van der Waals surface area contributed by atoms with Crippen molar-refractivity contribution in [3.05, 3.63) is 17.7 Å². The Morgan fingerprint density at radius 1 is 1.47 bits per heavy atom. The zero-order valence-corrected chi connectivity index (χ0v) is 11.4. The zero-order chi connectivity index (χ0) is 14.3. The van der Waals surface area contributed by atoms with Crippen molar-refractivity contribution in [2.45, 2.75) is 39.5 Å². The number of rotatable bonds is 8. The van der Waals surface area contributed by atoms with Gasteiger partial charge in [0.15, 0.2) is 11.4 Å². The number of amides is 1. The number of unbranched alkanes of at least 4 members (excludes halogenated alkanes) is 1. The minimum atomic E-state index is -1.18. The first-order valence-corrected chi connectivity index (χ1v) is 6.64. The molecule has 1 heterocycles. The normalized spacial score (nSPS) is 12.1. The number of H-pyrrole nitrogens is 1. The number of nitrogens with one attached hydrogen (secondary N) is 2. The van der Waals surface area contributed by atoms with Gasteiger partial charge in [-0.1, -0.05) is 33.1 Å². The number of aromatic nitrogens is 2. The van der Waals surface area contributed by atoms with E-state index in [0.29, 0.717) is 12.5 Å². The number of carboxylic acids is 1. The number of nitrogens with zero attached hydrogens (tertiary/aromatic N) is 1. The van der Waals surface area contributed by atoms with Crippen LogP contribution in [-0.2, 0) is 0 Å². The van der Waals surface area contributed by atoms with Crippen LogP contribution in [0.1, 0.15) is 60.5 Å². The van der Waals surface area contributed by atoms with Crippen molar-refractivity contribution < 1.29 is 14.7 Å². The van der Waals surface area contributed by atoms with E-state index in [1.807, 2.05) is 0 Å². The lowest BCUT2D eigenvalue weighted by Gasteiger charge is -2.14. The topological polar surface area (TPSA) is 95.1 Å². The van der Waals surface area contributed by atoms with Gasteiger partial charge in [-0.15, -0.1) is 0 Å². The van der Waals surface area contributed by atoms with Crippen molar-refractivity contribution >= 4 is 11.9 Å². The van der Waals surface area contributed by atoms with Crippen molar-refractivity contribution in [3.63, 3.8) is 0 Å². The maximum absolute atomic E-state index is 11.9. The average molecular weight is 267 g/mol. The van der Waals surface area contributed by atoms with E-state index in [4.69, 9.17) is 5.11 Å². The van der Waals surface area contributed by atoms with Crippen LogP contribution in [0.2, 0.25) is 0 Å². The van der Waals surface area contributed by atoms with Crippen LogP contribution in [0.3, 0.4) is 0 Å². The molecule has 1 aromatic heterocycles. The molecule has 0 radical (unpaired) electrons. The van der Waals surface area contributed by atoms with Crippen LogP contribution in [0.25, 0.3) is 0 Å². The average Bonchev–Trinajstić information content (AvgIpc) is 2.88. The maximum Gasteiger partial charge on any atom is 0.354 e.